The molecule has 0 atom stereocenters. The molecule has 3 aromatic heterocycles. The van der Waals surface area contributed by atoms with E-state index in [1.807, 2.05) is 0 Å². The Hall–Kier alpha value is -3.76. The van der Waals surface area contributed by atoms with Crippen LogP contribution in [-0.2, 0) is 12.7 Å². The number of aromatic amines is 1. The van der Waals surface area contributed by atoms with E-state index >= 15 is 0 Å². The van der Waals surface area contributed by atoms with Gasteiger partial charge >= 0.3 is 6.18 Å². The lowest BCUT2D eigenvalue weighted by molar-refractivity contribution is -0.141. The van der Waals surface area contributed by atoms with Crippen molar-refractivity contribution in [3.63, 3.8) is 0 Å². The number of rotatable bonds is 4. The number of pyridine rings is 1. The van der Waals surface area contributed by atoms with Crippen molar-refractivity contribution in [1.82, 2.24) is 19.5 Å². The Balaban J connectivity index is 1.54. The van der Waals surface area contributed by atoms with Crippen LogP contribution in [0.4, 0.5) is 27.6 Å². The van der Waals surface area contributed by atoms with Gasteiger partial charge in [0.2, 0.25) is 0 Å². The first-order valence-electron chi connectivity index (χ1n) is 8.52. The van der Waals surface area contributed by atoms with Crippen LogP contribution in [0, 0.1) is 11.6 Å². The number of carbonyl (C=O) groups excluding carboxylic acids is 1. The fraction of sp³-hybridized carbons (Fsp3) is 0.105. The Bertz CT molecular complexity index is 1230. The molecule has 0 unspecified atom stereocenters. The standard InChI is InChI=1S/C19H12F5N5O/c20-12-3-11-14(4-13(12)21)26-6-15(11)28-18(30)16-7-25-9-29(16)8-10-1-2-17(27-5-10)19(22,23)24/h1-7,9,26H,8H2,(H,28,30). The van der Waals surface area contributed by atoms with Crippen LogP contribution in [0.2, 0.25) is 0 Å². The summed E-state index contributed by atoms with van der Waals surface area (Å²) in [7, 11) is 0. The van der Waals surface area contributed by atoms with E-state index in [0.717, 1.165) is 24.4 Å². The van der Waals surface area contributed by atoms with Crippen LogP contribution < -0.4 is 5.32 Å². The maximum atomic E-state index is 13.5. The van der Waals surface area contributed by atoms with Gasteiger partial charge in [-0.1, -0.05) is 6.07 Å². The van der Waals surface area contributed by atoms with Crippen molar-refractivity contribution in [3.8, 4) is 0 Å². The zero-order valence-corrected chi connectivity index (χ0v) is 15.0. The van der Waals surface area contributed by atoms with E-state index in [2.05, 4.69) is 20.3 Å². The minimum atomic E-state index is -4.54. The Morgan fingerprint density at radius 2 is 1.90 bits per heavy atom. The van der Waals surface area contributed by atoms with Gasteiger partial charge in [-0.15, -0.1) is 0 Å². The summed E-state index contributed by atoms with van der Waals surface area (Å²) >= 11 is 0. The van der Waals surface area contributed by atoms with Crippen molar-refractivity contribution in [1.29, 1.82) is 0 Å². The van der Waals surface area contributed by atoms with Gasteiger partial charge in [0.25, 0.3) is 5.91 Å². The van der Waals surface area contributed by atoms with E-state index < -0.39 is 29.4 Å². The molecule has 6 nitrogen and oxygen atoms in total. The summed E-state index contributed by atoms with van der Waals surface area (Å²) in [6.45, 7) is 0.0572. The minimum absolute atomic E-state index is 0.0572. The molecule has 2 N–H and O–H groups in total. The highest BCUT2D eigenvalue weighted by Crippen LogP contribution is 2.28. The summed E-state index contributed by atoms with van der Waals surface area (Å²) < 4.78 is 66.2. The van der Waals surface area contributed by atoms with Gasteiger partial charge in [0.05, 0.1) is 30.3 Å². The fourth-order valence-electron chi connectivity index (χ4n) is 2.92. The van der Waals surface area contributed by atoms with E-state index in [-0.39, 0.29) is 23.3 Å². The monoisotopic (exact) mass is 421 g/mol. The quantitative estimate of drug-likeness (QED) is 0.481. The van der Waals surface area contributed by atoms with Crippen molar-refractivity contribution in [2.45, 2.75) is 12.7 Å². The molecule has 0 aliphatic heterocycles. The Morgan fingerprint density at radius 3 is 2.60 bits per heavy atom. The largest absolute Gasteiger partial charge is 0.433 e. The number of halogens is 5. The summed E-state index contributed by atoms with van der Waals surface area (Å²) in [6.07, 6.45) is 0.544. The average Bonchev–Trinajstić information content (AvgIpc) is 3.29. The number of fused-ring (bicyclic) bond motifs is 1. The second-order valence-electron chi connectivity index (χ2n) is 6.42. The van der Waals surface area contributed by atoms with Gasteiger partial charge in [-0.05, 0) is 17.7 Å². The number of aromatic nitrogens is 4. The third-order valence-corrected chi connectivity index (χ3v) is 4.38. The smallest absolute Gasteiger partial charge is 0.359 e. The molecule has 1 amide bonds. The van der Waals surface area contributed by atoms with Gasteiger partial charge < -0.3 is 14.9 Å². The highest BCUT2D eigenvalue weighted by molar-refractivity contribution is 6.08. The predicted octanol–water partition coefficient (Wildman–Crippen LogP) is 4.36. The fourth-order valence-corrected chi connectivity index (χ4v) is 2.92. The zero-order chi connectivity index (χ0) is 21.5. The van der Waals surface area contributed by atoms with Gasteiger partial charge in [0.1, 0.15) is 11.4 Å². The molecule has 0 saturated heterocycles. The number of nitrogens with one attached hydrogen (secondary N) is 2. The van der Waals surface area contributed by atoms with Crippen LogP contribution in [0.25, 0.3) is 10.9 Å². The van der Waals surface area contributed by atoms with Crippen LogP contribution in [0.1, 0.15) is 21.7 Å². The van der Waals surface area contributed by atoms with Gasteiger partial charge in [0.15, 0.2) is 11.6 Å². The average molecular weight is 421 g/mol. The Labute approximate surface area is 165 Å². The molecule has 0 aliphatic carbocycles. The molecule has 1 aromatic carbocycles. The molecule has 154 valence electrons. The molecule has 0 radical (unpaired) electrons. The number of hydrogen-bond donors (Lipinski definition) is 2. The first-order chi connectivity index (χ1) is 14.2. The maximum absolute atomic E-state index is 13.5. The van der Waals surface area contributed by atoms with Gasteiger partial charge in [-0.3, -0.25) is 9.78 Å². The number of amides is 1. The van der Waals surface area contributed by atoms with Crippen LogP contribution in [0.5, 0.6) is 0 Å². The summed E-state index contributed by atoms with van der Waals surface area (Å²) in [5, 5.41) is 2.86. The second-order valence-corrected chi connectivity index (χ2v) is 6.42. The molecule has 0 fully saturated rings. The number of anilines is 1. The van der Waals surface area contributed by atoms with E-state index in [1.165, 1.54) is 29.4 Å². The van der Waals surface area contributed by atoms with Crippen molar-refractivity contribution in [3.05, 3.63) is 77.8 Å². The second kappa shape index (κ2) is 7.25. The molecular formula is C19H12F5N5O. The molecule has 0 aliphatic rings. The summed E-state index contributed by atoms with van der Waals surface area (Å²) in [5.74, 6) is -2.67. The van der Waals surface area contributed by atoms with Crippen molar-refractivity contribution in [2.24, 2.45) is 0 Å². The van der Waals surface area contributed by atoms with E-state index in [4.69, 9.17) is 0 Å². The Morgan fingerprint density at radius 1 is 1.13 bits per heavy atom. The highest BCUT2D eigenvalue weighted by Gasteiger charge is 2.32. The lowest BCUT2D eigenvalue weighted by Crippen LogP contribution is -2.17. The topological polar surface area (TPSA) is 75.6 Å². The molecule has 0 spiro atoms. The molecule has 30 heavy (non-hydrogen) atoms. The van der Waals surface area contributed by atoms with Crippen LogP contribution >= 0.6 is 0 Å². The number of benzene rings is 1. The first-order valence-corrected chi connectivity index (χ1v) is 8.52. The molecule has 11 heteroatoms. The maximum Gasteiger partial charge on any atom is 0.433 e. The molecule has 4 aromatic rings. The van der Waals surface area contributed by atoms with E-state index in [9.17, 15) is 26.7 Å². The zero-order valence-electron chi connectivity index (χ0n) is 15.0. The van der Waals surface area contributed by atoms with Crippen molar-refractivity contribution >= 4 is 22.5 Å². The van der Waals surface area contributed by atoms with Crippen LogP contribution in [0.3, 0.4) is 0 Å². The number of alkyl halides is 3. The number of nitrogens with zero attached hydrogens (tertiary/aromatic N) is 3. The molecular weight excluding hydrogens is 409 g/mol. The van der Waals surface area contributed by atoms with Gasteiger partial charge in [0, 0.05) is 23.8 Å². The van der Waals surface area contributed by atoms with Crippen molar-refractivity contribution in [2.75, 3.05) is 5.32 Å². The van der Waals surface area contributed by atoms with Crippen molar-refractivity contribution < 1.29 is 26.7 Å². The summed E-state index contributed by atoms with van der Waals surface area (Å²) in [6, 6.07) is 4.05. The molecule has 3 heterocycles. The van der Waals surface area contributed by atoms with E-state index in [1.54, 1.807) is 0 Å². The van der Waals surface area contributed by atoms with E-state index in [0.29, 0.717) is 11.1 Å². The lowest BCUT2D eigenvalue weighted by atomic mass is 10.2. The third-order valence-electron chi connectivity index (χ3n) is 4.38. The molecule has 0 bridgehead atoms. The summed E-state index contributed by atoms with van der Waals surface area (Å²) in [5.41, 5.74) is 0.0655. The van der Waals surface area contributed by atoms with Gasteiger partial charge in [-0.25, -0.2) is 13.8 Å². The van der Waals surface area contributed by atoms with Crippen LogP contribution in [-0.4, -0.2) is 25.4 Å². The predicted molar refractivity (Wildman–Crippen MR) is 96.7 cm³/mol. The number of carbonyl (C=O) groups is 1. The summed E-state index contributed by atoms with van der Waals surface area (Å²) in [4.78, 5) is 22.7. The molecule has 4 rings (SSSR count). The van der Waals surface area contributed by atoms with Gasteiger partial charge in [-0.2, -0.15) is 13.2 Å². The van der Waals surface area contributed by atoms with Crippen LogP contribution in [0.15, 0.2) is 49.2 Å². The normalized spacial score (nSPS) is 11.8. The minimum Gasteiger partial charge on any atom is -0.359 e. The molecule has 0 saturated carbocycles. The number of imidazole rings is 1. The lowest BCUT2D eigenvalue weighted by Gasteiger charge is -2.10. The third kappa shape index (κ3) is 3.73. The SMILES string of the molecule is O=C(Nc1c[nH]c2cc(F)c(F)cc12)c1cncn1Cc1ccc(C(F)(F)F)nc1. The Kier molecular flexibility index (Phi) is 4.72. The number of hydrogen-bond acceptors (Lipinski definition) is 3. The number of H-pyrrole nitrogens is 1. The highest BCUT2D eigenvalue weighted by atomic mass is 19.4. The first kappa shape index (κ1) is 19.6.